The maximum absolute atomic E-state index is 11.6. The third-order valence-electron chi connectivity index (χ3n) is 2.82. The molecule has 20 heavy (non-hydrogen) atoms. The highest BCUT2D eigenvalue weighted by Crippen LogP contribution is 2.19. The summed E-state index contributed by atoms with van der Waals surface area (Å²) in [5.74, 6) is -1.68. The molecule has 0 aliphatic heterocycles. The van der Waals surface area contributed by atoms with Crippen LogP contribution in [0.4, 0.5) is 4.79 Å². The smallest absolute Gasteiger partial charge is 0.321 e. The van der Waals surface area contributed by atoms with Crippen LogP contribution in [-0.4, -0.2) is 54.6 Å². The lowest BCUT2D eigenvalue weighted by Gasteiger charge is -2.19. The number of rotatable bonds is 7. The Labute approximate surface area is 119 Å². The van der Waals surface area contributed by atoms with Crippen molar-refractivity contribution in [2.45, 2.75) is 39.7 Å². The van der Waals surface area contributed by atoms with Gasteiger partial charge in [-0.15, -0.1) is 0 Å². The largest absolute Gasteiger partial charge is 0.481 e. The van der Waals surface area contributed by atoms with Gasteiger partial charge in [-0.2, -0.15) is 0 Å². The summed E-state index contributed by atoms with van der Waals surface area (Å²) in [7, 11) is 3.87. The lowest BCUT2D eigenvalue weighted by molar-refractivity contribution is -0.149. The van der Waals surface area contributed by atoms with Gasteiger partial charge in [-0.3, -0.25) is 14.9 Å². The van der Waals surface area contributed by atoms with Gasteiger partial charge in [-0.05, 0) is 47.8 Å². The third kappa shape index (κ3) is 7.73. The first-order valence-electron chi connectivity index (χ1n) is 6.53. The van der Waals surface area contributed by atoms with E-state index in [1.165, 1.54) is 13.8 Å². The van der Waals surface area contributed by atoms with Crippen molar-refractivity contribution in [1.82, 2.24) is 15.5 Å². The van der Waals surface area contributed by atoms with Crippen LogP contribution in [0, 0.1) is 5.41 Å². The first-order chi connectivity index (χ1) is 9.04. The van der Waals surface area contributed by atoms with Gasteiger partial charge >= 0.3 is 12.0 Å². The Bertz CT molecular complexity index is 367. The molecular weight excluding hydrogens is 262 g/mol. The first-order valence-corrected chi connectivity index (χ1v) is 6.53. The van der Waals surface area contributed by atoms with Gasteiger partial charge in [0.2, 0.25) is 5.91 Å². The molecule has 7 heteroatoms. The van der Waals surface area contributed by atoms with E-state index in [1.807, 2.05) is 25.9 Å². The second-order valence-corrected chi connectivity index (χ2v) is 5.88. The summed E-state index contributed by atoms with van der Waals surface area (Å²) in [4.78, 5) is 36.0. The number of carbonyl (C=O) groups excluding carboxylic acids is 2. The average molecular weight is 287 g/mol. The number of aliphatic carboxylic acids is 1. The molecule has 1 atom stereocenters. The van der Waals surface area contributed by atoms with Gasteiger partial charge in [-0.25, -0.2) is 4.79 Å². The van der Waals surface area contributed by atoms with Crippen molar-refractivity contribution in [3.8, 4) is 0 Å². The number of urea groups is 1. The van der Waals surface area contributed by atoms with Crippen molar-refractivity contribution >= 4 is 17.9 Å². The van der Waals surface area contributed by atoms with Gasteiger partial charge in [0.15, 0.2) is 0 Å². The number of nitrogens with one attached hydrogen (secondary N) is 2. The summed E-state index contributed by atoms with van der Waals surface area (Å²) in [6.07, 6.45) is 0.511. The Morgan fingerprint density at radius 2 is 1.80 bits per heavy atom. The van der Waals surface area contributed by atoms with Gasteiger partial charge in [0.05, 0.1) is 5.41 Å². The van der Waals surface area contributed by atoms with Crippen molar-refractivity contribution in [2.75, 3.05) is 20.6 Å². The predicted molar refractivity (Wildman–Crippen MR) is 75.3 cm³/mol. The average Bonchev–Trinajstić information content (AvgIpc) is 2.24. The maximum Gasteiger partial charge on any atom is 0.321 e. The molecule has 0 aromatic heterocycles. The van der Waals surface area contributed by atoms with Crippen molar-refractivity contribution in [1.29, 1.82) is 0 Å². The zero-order chi connectivity index (χ0) is 15.9. The topological polar surface area (TPSA) is 98.7 Å². The molecule has 0 radical (unpaired) electrons. The quantitative estimate of drug-likeness (QED) is 0.638. The summed E-state index contributed by atoms with van der Waals surface area (Å²) in [5.41, 5.74) is -1.19. The van der Waals surface area contributed by atoms with E-state index in [0.29, 0.717) is 0 Å². The molecule has 0 saturated carbocycles. The minimum Gasteiger partial charge on any atom is -0.481 e. The maximum atomic E-state index is 11.6. The molecule has 1 unspecified atom stereocenters. The Kier molecular flexibility index (Phi) is 7.20. The summed E-state index contributed by atoms with van der Waals surface area (Å²) in [6.45, 7) is 5.54. The SMILES string of the molecule is CC(CCN(C)C)NC(=O)NC(=O)CC(C)(C)C(=O)O. The van der Waals surface area contributed by atoms with E-state index >= 15 is 0 Å². The second-order valence-electron chi connectivity index (χ2n) is 5.88. The highest BCUT2D eigenvalue weighted by atomic mass is 16.4. The second kappa shape index (κ2) is 7.84. The van der Waals surface area contributed by atoms with Gasteiger partial charge < -0.3 is 15.3 Å². The number of hydrogen-bond acceptors (Lipinski definition) is 4. The number of imide groups is 1. The van der Waals surface area contributed by atoms with Crippen LogP contribution in [0.15, 0.2) is 0 Å². The summed E-state index contributed by atoms with van der Waals surface area (Å²) in [5, 5.41) is 13.7. The standard InChI is InChI=1S/C13H25N3O4/c1-9(6-7-16(4)5)14-12(20)15-10(17)8-13(2,3)11(18)19/h9H,6-8H2,1-5H3,(H,18,19)(H2,14,15,17,20). The van der Waals surface area contributed by atoms with E-state index in [2.05, 4.69) is 10.6 Å². The van der Waals surface area contributed by atoms with E-state index in [4.69, 9.17) is 5.11 Å². The molecular formula is C13H25N3O4. The van der Waals surface area contributed by atoms with E-state index < -0.39 is 23.3 Å². The van der Waals surface area contributed by atoms with Crippen LogP contribution in [-0.2, 0) is 9.59 Å². The van der Waals surface area contributed by atoms with Crippen LogP contribution < -0.4 is 10.6 Å². The van der Waals surface area contributed by atoms with Crippen molar-refractivity contribution in [3.63, 3.8) is 0 Å². The van der Waals surface area contributed by atoms with Crippen LogP contribution in [0.2, 0.25) is 0 Å². The van der Waals surface area contributed by atoms with Gasteiger partial charge in [-0.1, -0.05) is 0 Å². The van der Waals surface area contributed by atoms with Crippen LogP contribution in [0.25, 0.3) is 0 Å². The number of nitrogens with zero attached hydrogens (tertiary/aromatic N) is 1. The molecule has 0 rings (SSSR count). The molecule has 0 spiro atoms. The molecule has 0 aromatic carbocycles. The van der Waals surface area contributed by atoms with Crippen molar-refractivity contribution in [3.05, 3.63) is 0 Å². The fourth-order valence-electron chi connectivity index (χ4n) is 1.43. The monoisotopic (exact) mass is 287 g/mol. The molecule has 0 bridgehead atoms. The zero-order valence-electron chi connectivity index (χ0n) is 12.8. The lowest BCUT2D eigenvalue weighted by atomic mass is 9.89. The van der Waals surface area contributed by atoms with Crippen LogP contribution in [0.1, 0.15) is 33.6 Å². The minimum absolute atomic E-state index is 0.0716. The van der Waals surface area contributed by atoms with Gasteiger partial charge in [0.25, 0.3) is 0 Å². The normalized spacial score (nSPS) is 12.9. The van der Waals surface area contributed by atoms with Crippen molar-refractivity contribution < 1.29 is 19.5 Å². The molecule has 3 N–H and O–H groups in total. The number of carbonyl (C=O) groups is 3. The van der Waals surface area contributed by atoms with E-state index in [9.17, 15) is 14.4 Å². The Morgan fingerprint density at radius 3 is 2.25 bits per heavy atom. The van der Waals surface area contributed by atoms with Crippen LogP contribution in [0.5, 0.6) is 0 Å². The Morgan fingerprint density at radius 1 is 1.25 bits per heavy atom. The Hall–Kier alpha value is -1.63. The predicted octanol–water partition coefficient (Wildman–Crippen LogP) is 0.653. The lowest BCUT2D eigenvalue weighted by Crippen LogP contribution is -2.45. The molecule has 0 heterocycles. The number of hydrogen-bond donors (Lipinski definition) is 3. The number of carboxylic acid groups (broad SMARTS) is 1. The fraction of sp³-hybridized carbons (Fsp3) is 0.769. The fourth-order valence-corrected chi connectivity index (χ4v) is 1.43. The molecule has 0 fully saturated rings. The summed E-state index contributed by atoms with van der Waals surface area (Å²) < 4.78 is 0. The summed E-state index contributed by atoms with van der Waals surface area (Å²) >= 11 is 0. The van der Waals surface area contributed by atoms with E-state index in [0.717, 1.165) is 13.0 Å². The van der Waals surface area contributed by atoms with Gasteiger partial charge in [0, 0.05) is 12.5 Å². The van der Waals surface area contributed by atoms with E-state index in [1.54, 1.807) is 0 Å². The molecule has 3 amide bonds. The zero-order valence-corrected chi connectivity index (χ0v) is 12.8. The minimum atomic E-state index is -1.19. The highest BCUT2D eigenvalue weighted by molar-refractivity contribution is 5.96. The Balaban J connectivity index is 4.14. The number of amides is 3. The van der Waals surface area contributed by atoms with Crippen LogP contribution in [0.3, 0.4) is 0 Å². The van der Waals surface area contributed by atoms with E-state index in [-0.39, 0.29) is 12.5 Å². The molecule has 116 valence electrons. The third-order valence-corrected chi connectivity index (χ3v) is 2.82. The molecule has 7 nitrogen and oxygen atoms in total. The number of carboxylic acids is 1. The highest BCUT2D eigenvalue weighted by Gasteiger charge is 2.30. The molecule has 0 aliphatic carbocycles. The summed E-state index contributed by atoms with van der Waals surface area (Å²) in [6, 6.07) is -0.667. The molecule has 0 aliphatic rings. The molecule has 0 saturated heterocycles. The van der Waals surface area contributed by atoms with Crippen LogP contribution >= 0.6 is 0 Å². The van der Waals surface area contributed by atoms with Gasteiger partial charge in [0.1, 0.15) is 0 Å². The van der Waals surface area contributed by atoms with Crippen molar-refractivity contribution in [2.24, 2.45) is 5.41 Å². The molecule has 0 aromatic rings. The first kappa shape index (κ1) is 18.4.